The molecule has 0 aliphatic heterocycles. The van der Waals surface area contributed by atoms with Gasteiger partial charge in [-0.1, -0.05) is 13.8 Å². The van der Waals surface area contributed by atoms with Crippen LogP contribution in [0.3, 0.4) is 0 Å². The second kappa shape index (κ2) is 3.53. The predicted molar refractivity (Wildman–Crippen MR) is 31.3 cm³/mol. The normalized spacial score (nSPS) is 24.0. The molecule has 0 aromatic carbocycles. The highest BCUT2D eigenvalue weighted by Crippen LogP contribution is 2.00. The molecule has 2 nitrogen and oxygen atoms in total. The molecule has 8 heavy (non-hydrogen) atoms. The number of hydrogen-bond donors (Lipinski definition) is 0. The molecule has 44 valence electrons. The molecule has 2 radical (unpaired) electrons. The van der Waals surface area contributed by atoms with Crippen molar-refractivity contribution in [3.8, 4) is 0 Å². The second-order valence-corrected chi connectivity index (χ2v) is 1.28. The van der Waals surface area contributed by atoms with Crippen molar-refractivity contribution < 1.29 is 13.6 Å². The predicted octanol–water partition coefficient (Wildman–Crippen LogP) is 0.659. The zero-order valence-electron chi connectivity index (χ0n) is 7.89. The maximum Gasteiger partial charge on any atom is 0.378 e. The summed E-state index contributed by atoms with van der Waals surface area (Å²) < 4.78 is 25.2. The Morgan fingerprint density at radius 1 is 2.25 bits per heavy atom. The summed E-state index contributed by atoms with van der Waals surface area (Å²) in [6, 6.07) is 0. The van der Waals surface area contributed by atoms with E-state index in [4.69, 9.17) is 4.11 Å². The van der Waals surface area contributed by atoms with Crippen LogP contribution >= 0.6 is 0 Å². The van der Waals surface area contributed by atoms with Gasteiger partial charge >= 0.3 is 8.05 Å². The molecular weight excluding hydrogens is 103 g/mol. The number of rotatable bonds is 2. The highest BCUT2D eigenvalue weighted by atomic mass is 16.5. The van der Waals surface area contributed by atoms with Gasteiger partial charge in [0, 0.05) is 4.11 Å². The first-order valence-corrected chi connectivity index (χ1v) is 2.14. The third kappa shape index (κ3) is 2.00. The summed E-state index contributed by atoms with van der Waals surface area (Å²) >= 11 is 0. The zero-order chi connectivity index (χ0) is 9.28. The molecule has 0 aliphatic rings. The maximum absolute atomic E-state index is 10.7. The van der Waals surface area contributed by atoms with Crippen LogP contribution in [0.25, 0.3) is 0 Å². The van der Waals surface area contributed by atoms with Gasteiger partial charge in [-0.05, 0) is 6.37 Å². The van der Waals surface area contributed by atoms with E-state index in [1.807, 2.05) is 0 Å². The standard InChI is InChI=1S/C5H9BO2/c1-3-4(2)5(7)8-6/h4H,3H2,1-2H3/i3D2,4D. The summed E-state index contributed by atoms with van der Waals surface area (Å²) in [6.45, 7) is 2.24. The third-order valence-corrected chi connectivity index (χ3v) is 0.788. The van der Waals surface area contributed by atoms with Crippen LogP contribution in [-0.4, -0.2) is 14.0 Å². The quantitative estimate of drug-likeness (QED) is 0.494. The largest absolute Gasteiger partial charge is 0.543 e. The minimum Gasteiger partial charge on any atom is -0.543 e. The first-order valence-electron chi connectivity index (χ1n) is 3.64. The lowest BCUT2D eigenvalue weighted by molar-refractivity contribution is -0.138. The first-order chi connectivity index (χ1) is 4.73. The van der Waals surface area contributed by atoms with Crippen LogP contribution in [0.1, 0.15) is 24.3 Å². The SMILES string of the molecule is [2H]C([2H])(C)C([2H])(C)C(=O)O[B]. The van der Waals surface area contributed by atoms with E-state index in [1.165, 1.54) is 0 Å². The molecule has 0 bridgehead atoms. The van der Waals surface area contributed by atoms with Crippen molar-refractivity contribution in [2.24, 2.45) is 5.89 Å². The summed E-state index contributed by atoms with van der Waals surface area (Å²) in [5, 5.41) is 0. The molecule has 1 atom stereocenters. The Morgan fingerprint density at radius 2 is 2.75 bits per heavy atom. The molecule has 0 aromatic rings. The number of carbonyl (C=O) groups is 1. The second-order valence-electron chi connectivity index (χ2n) is 1.28. The van der Waals surface area contributed by atoms with Crippen LogP contribution in [0.15, 0.2) is 0 Å². The lowest BCUT2D eigenvalue weighted by atomic mass is 10.1. The third-order valence-electron chi connectivity index (χ3n) is 0.788. The lowest BCUT2D eigenvalue weighted by Gasteiger charge is -2.03. The van der Waals surface area contributed by atoms with Crippen molar-refractivity contribution in [2.45, 2.75) is 20.2 Å². The fraction of sp³-hybridized carbons (Fsp3) is 0.800. The van der Waals surface area contributed by atoms with Crippen LogP contribution in [0, 0.1) is 5.89 Å². The first kappa shape index (κ1) is 3.54. The molecule has 0 amide bonds. The molecule has 0 rings (SSSR count). The Kier molecular flexibility index (Phi) is 1.56. The highest BCUT2D eigenvalue weighted by Gasteiger charge is 2.07. The van der Waals surface area contributed by atoms with Gasteiger partial charge in [-0.15, -0.1) is 0 Å². The molecule has 0 aliphatic carbocycles. The molecule has 0 heterocycles. The van der Waals surface area contributed by atoms with Crippen molar-refractivity contribution in [2.75, 3.05) is 0 Å². The number of carbonyl (C=O) groups excluding carboxylic acids is 1. The molecule has 0 fully saturated rings. The van der Waals surface area contributed by atoms with Crippen LogP contribution < -0.4 is 0 Å². The average molecular weight is 115 g/mol. The molecule has 0 aromatic heterocycles. The summed E-state index contributed by atoms with van der Waals surface area (Å²) in [5.41, 5.74) is 0. The van der Waals surface area contributed by atoms with Crippen molar-refractivity contribution in [3.05, 3.63) is 0 Å². The fourth-order valence-corrected chi connectivity index (χ4v) is 0.190. The van der Waals surface area contributed by atoms with E-state index < -0.39 is 18.2 Å². The summed E-state index contributed by atoms with van der Waals surface area (Å²) in [5.74, 6) is -3.04. The van der Waals surface area contributed by atoms with Crippen LogP contribution in [0.4, 0.5) is 0 Å². The summed E-state index contributed by atoms with van der Waals surface area (Å²) in [4.78, 5) is 10.7. The Labute approximate surface area is 54.9 Å². The fourth-order valence-electron chi connectivity index (χ4n) is 0.190. The van der Waals surface area contributed by atoms with Gasteiger partial charge in [0.25, 0.3) is 5.97 Å². The Balaban J connectivity index is 4.59. The average Bonchev–Trinajstić information content (AvgIpc) is 1.83. The lowest BCUT2D eigenvalue weighted by Crippen LogP contribution is -2.11. The molecular formula is C5H9BO2. The van der Waals surface area contributed by atoms with Crippen molar-refractivity contribution in [1.29, 1.82) is 0 Å². The van der Waals surface area contributed by atoms with Crippen molar-refractivity contribution >= 4 is 14.0 Å². The van der Waals surface area contributed by atoms with E-state index >= 15 is 0 Å². The van der Waals surface area contributed by atoms with Gasteiger partial charge in [0.05, 0.1) is 5.89 Å². The van der Waals surface area contributed by atoms with E-state index in [0.29, 0.717) is 0 Å². The molecule has 0 spiro atoms. The van der Waals surface area contributed by atoms with Gasteiger partial charge in [-0.3, -0.25) is 4.79 Å². The molecule has 0 saturated carbocycles. The smallest absolute Gasteiger partial charge is 0.378 e. The minimum absolute atomic E-state index is 1.08. The molecule has 0 N–H and O–H groups in total. The van der Waals surface area contributed by atoms with E-state index in [2.05, 4.69) is 12.7 Å². The van der Waals surface area contributed by atoms with Crippen molar-refractivity contribution in [1.82, 2.24) is 0 Å². The molecule has 1 unspecified atom stereocenters. The summed E-state index contributed by atoms with van der Waals surface area (Å²) in [7, 11) is 4.52. The van der Waals surface area contributed by atoms with Gasteiger partial charge < -0.3 is 4.65 Å². The Bertz CT molecular complexity index is 164. The van der Waals surface area contributed by atoms with Crippen molar-refractivity contribution in [3.63, 3.8) is 0 Å². The maximum atomic E-state index is 10.7. The van der Waals surface area contributed by atoms with Gasteiger partial charge in [0.15, 0.2) is 0 Å². The minimum atomic E-state index is -1.97. The van der Waals surface area contributed by atoms with E-state index in [0.717, 1.165) is 13.8 Å². The summed E-state index contributed by atoms with van der Waals surface area (Å²) in [6.07, 6.45) is -1.97. The van der Waals surface area contributed by atoms with Gasteiger partial charge in [0.2, 0.25) is 0 Å². The van der Waals surface area contributed by atoms with E-state index in [-0.39, 0.29) is 0 Å². The van der Waals surface area contributed by atoms with Crippen LogP contribution in [0.5, 0.6) is 0 Å². The Hall–Kier alpha value is -0.465. The van der Waals surface area contributed by atoms with Gasteiger partial charge in [-0.25, -0.2) is 0 Å². The monoisotopic (exact) mass is 115 g/mol. The van der Waals surface area contributed by atoms with Crippen LogP contribution in [0.2, 0.25) is 0 Å². The van der Waals surface area contributed by atoms with Gasteiger partial charge in [0.1, 0.15) is 0 Å². The Morgan fingerprint density at radius 3 is 2.88 bits per heavy atom. The van der Waals surface area contributed by atoms with Gasteiger partial charge in [-0.2, -0.15) is 0 Å². The van der Waals surface area contributed by atoms with Crippen LogP contribution in [-0.2, 0) is 9.45 Å². The zero-order valence-corrected chi connectivity index (χ0v) is 4.89. The molecule has 3 heteroatoms. The molecule has 0 saturated heterocycles. The highest BCUT2D eigenvalue weighted by molar-refractivity contribution is 6.05. The topological polar surface area (TPSA) is 26.3 Å². The number of hydrogen-bond acceptors (Lipinski definition) is 2. The van der Waals surface area contributed by atoms with E-state index in [1.54, 1.807) is 0 Å². The van der Waals surface area contributed by atoms with E-state index in [9.17, 15) is 4.79 Å².